The van der Waals surface area contributed by atoms with Crippen molar-refractivity contribution in [3.63, 3.8) is 0 Å². The molecule has 0 radical (unpaired) electrons. The molecule has 4 unspecified atom stereocenters. The van der Waals surface area contributed by atoms with Crippen LogP contribution in [0.3, 0.4) is 0 Å². The SMILES string of the molecule is CCNC(CC1CCCO1)C1CCCC(CC)C1. The Morgan fingerprint density at radius 2 is 2.06 bits per heavy atom. The van der Waals surface area contributed by atoms with Gasteiger partial charge in [-0.15, -0.1) is 0 Å². The Bertz CT molecular complexity index is 225. The zero-order valence-electron chi connectivity index (χ0n) is 12.3. The zero-order chi connectivity index (χ0) is 12.8. The van der Waals surface area contributed by atoms with E-state index >= 15 is 0 Å². The second-order valence-corrected chi connectivity index (χ2v) is 6.24. The van der Waals surface area contributed by atoms with E-state index in [0.717, 1.165) is 25.0 Å². The molecule has 1 N–H and O–H groups in total. The lowest BCUT2D eigenvalue weighted by atomic mass is 9.75. The fraction of sp³-hybridized carbons (Fsp3) is 1.00. The molecule has 106 valence electrons. The molecule has 1 heterocycles. The molecule has 1 aliphatic carbocycles. The molecule has 2 aliphatic rings. The number of nitrogens with one attached hydrogen (secondary N) is 1. The van der Waals surface area contributed by atoms with E-state index in [1.54, 1.807) is 0 Å². The Balaban J connectivity index is 1.86. The quantitative estimate of drug-likeness (QED) is 0.778. The molecular weight excluding hydrogens is 222 g/mol. The van der Waals surface area contributed by atoms with Crippen LogP contribution in [0.15, 0.2) is 0 Å². The van der Waals surface area contributed by atoms with E-state index in [2.05, 4.69) is 19.2 Å². The first-order valence-corrected chi connectivity index (χ1v) is 8.18. The largest absolute Gasteiger partial charge is 0.378 e. The molecule has 2 rings (SSSR count). The number of rotatable bonds is 6. The summed E-state index contributed by atoms with van der Waals surface area (Å²) in [7, 11) is 0. The molecular formula is C16H31NO. The summed E-state index contributed by atoms with van der Waals surface area (Å²) in [6, 6.07) is 0.701. The number of hydrogen-bond donors (Lipinski definition) is 1. The van der Waals surface area contributed by atoms with Crippen LogP contribution in [0.4, 0.5) is 0 Å². The van der Waals surface area contributed by atoms with Gasteiger partial charge in [0.15, 0.2) is 0 Å². The minimum absolute atomic E-state index is 0.538. The molecule has 0 amide bonds. The normalized spacial score (nSPS) is 34.7. The van der Waals surface area contributed by atoms with Crippen LogP contribution in [0.1, 0.15) is 65.2 Å². The van der Waals surface area contributed by atoms with Gasteiger partial charge in [-0.3, -0.25) is 0 Å². The maximum atomic E-state index is 5.83. The van der Waals surface area contributed by atoms with Crippen LogP contribution < -0.4 is 5.32 Å². The summed E-state index contributed by atoms with van der Waals surface area (Å²) < 4.78 is 5.83. The van der Waals surface area contributed by atoms with Crippen LogP contribution in [-0.2, 0) is 4.74 Å². The molecule has 0 bridgehead atoms. The lowest BCUT2D eigenvalue weighted by molar-refractivity contribution is 0.0791. The summed E-state index contributed by atoms with van der Waals surface area (Å²) in [6.07, 6.45) is 11.5. The summed E-state index contributed by atoms with van der Waals surface area (Å²) in [4.78, 5) is 0. The van der Waals surface area contributed by atoms with Gasteiger partial charge in [-0.2, -0.15) is 0 Å². The Hall–Kier alpha value is -0.0800. The first-order valence-electron chi connectivity index (χ1n) is 8.18. The highest BCUT2D eigenvalue weighted by Crippen LogP contribution is 2.35. The third kappa shape index (κ3) is 3.96. The van der Waals surface area contributed by atoms with Crippen molar-refractivity contribution in [3.05, 3.63) is 0 Å². The summed E-state index contributed by atoms with van der Waals surface area (Å²) in [6.45, 7) is 6.69. The second kappa shape index (κ2) is 7.49. The summed E-state index contributed by atoms with van der Waals surface area (Å²) in [5, 5.41) is 3.74. The van der Waals surface area contributed by atoms with Crippen molar-refractivity contribution < 1.29 is 4.74 Å². The molecule has 2 fully saturated rings. The van der Waals surface area contributed by atoms with Gasteiger partial charge in [-0.05, 0) is 50.5 Å². The zero-order valence-corrected chi connectivity index (χ0v) is 12.3. The summed E-state index contributed by atoms with van der Waals surface area (Å²) >= 11 is 0. The number of hydrogen-bond acceptors (Lipinski definition) is 2. The third-order valence-electron chi connectivity index (χ3n) is 4.98. The summed E-state index contributed by atoms with van der Waals surface area (Å²) in [5.74, 6) is 1.88. The van der Waals surface area contributed by atoms with Crippen LogP contribution in [0.25, 0.3) is 0 Å². The lowest BCUT2D eigenvalue weighted by Crippen LogP contribution is -2.40. The Kier molecular flexibility index (Phi) is 5.97. The minimum atomic E-state index is 0.538. The average Bonchev–Trinajstić information content (AvgIpc) is 2.91. The van der Waals surface area contributed by atoms with Gasteiger partial charge in [-0.25, -0.2) is 0 Å². The van der Waals surface area contributed by atoms with Gasteiger partial charge >= 0.3 is 0 Å². The predicted molar refractivity (Wildman–Crippen MR) is 76.8 cm³/mol. The van der Waals surface area contributed by atoms with Crippen molar-refractivity contribution in [2.45, 2.75) is 77.4 Å². The topological polar surface area (TPSA) is 21.3 Å². The maximum absolute atomic E-state index is 5.83. The molecule has 0 aromatic carbocycles. The van der Waals surface area contributed by atoms with Gasteiger partial charge in [-0.1, -0.05) is 33.1 Å². The van der Waals surface area contributed by atoms with Gasteiger partial charge in [0.25, 0.3) is 0 Å². The van der Waals surface area contributed by atoms with Crippen molar-refractivity contribution in [1.82, 2.24) is 5.32 Å². The Morgan fingerprint density at radius 3 is 2.72 bits per heavy atom. The molecule has 2 nitrogen and oxygen atoms in total. The van der Waals surface area contributed by atoms with E-state index in [1.165, 1.54) is 51.4 Å². The fourth-order valence-corrected chi connectivity index (χ4v) is 3.89. The summed E-state index contributed by atoms with van der Waals surface area (Å²) in [5.41, 5.74) is 0. The molecule has 18 heavy (non-hydrogen) atoms. The van der Waals surface area contributed by atoms with Crippen molar-refractivity contribution in [1.29, 1.82) is 0 Å². The van der Waals surface area contributed by atoms with Crippen molar-refractivity contribution in [3.8, 4) is 0 Å². The molecule has 1 saturated carbocycles. The van der Waals surface area contributed by atoms with Gasteiger partial charge in [0.05, 0.1) is 6.10 Å². The van der Waals surface area contributed by atoms with Gasteiger partial charge in [0.2, 0.25) is 0 Å². The van der Waals surface area contributed by atoms with E-state index in [-0.39, 0.29) is 0 Å². The van der Waals surface area contributed by atoms with Crippen LogP contribution in [0, 0.1) is 11.8 Å². The average molecular weight is 253 g/mol. The van der Waals surface area contributed by atoms with E-state index in [0.29, 0.717) is 12.1 Å². The Labute approximate surface area is 113 Å². The first-order chi connectivity index (χ1) is 8.83. The van der Waals surface area contributed by atoms with Crippen LogP contribution in [0.5, 0.6) is 0 Å². The molecule has 4 atom stereocenters. The predicted octanol–water partition coefficient (Wildman–Crippen LogP) is 3.75. The highest BCUT2D eigenvalue weighted by molar-refractivity contribution is 4.85. The van der Waals surface area contributed by atoms with E-state index < -0.39 is 0 Å². The standard InChI is InChI=1S/C16H31NO/c1-3-13-7-5-8-14(11-13)16(17-4-2)12-15-9-6-10-18-15/h13-17H,3-12H2,1-2H3. The molecule has 1 aliphatic heterocycles. The molecule has 0 spiro atoms. The molecule has 1 saturated heterocycles. The lowest BCUT2D eigenvalue weighted by Gasteiger charge is -2.35. The minimum Gasteiger partial charge on any atom is -0.378 e. The van der Waals surface area contributed by atoms with Crippen molar-refractivity contribution in [2.75, 3.05) is 13.2 Å². The van der Waals surface area contributed by atoms with Crippen molar-refractivity contribution in [2.24, 2.45) is 11.8 Å². The van der Waals surface area contributed by atoms with Crippen LogP contribution in [0.2, 0.25) is 0 Å². The molecule has 2 heteroatoms. The highest BCUT2D eigenvalue weighted by Gasteiger charge is 2.30. The van der Waals surface area contributed by atoms with Crippen LogP contribution in [-0.4, -0.2) is 25.3 Å². The van der Waals surface area contributed by atoms with Crippen molar-refractivity contribution >= 4 is 0 Å². The third-order valence-corrected chi connectivity index (χ3v) is 4.98. The van der Waals surface area contributed by atoms with Gasteiger partial charge in [0.1, 0.15) is 0 Å². The smallest absolute Gasteiger partial charge is 0.0590 e. The Morgan fingerprint density at radius 1 is 1.17 bits per heavy atom. The van der Waals surface area contributed by atoms with Gasteiger partial charge < -0.3 is 10.1 Å². The highest BCUT2D eigenvalue weighted by atomic mass is 16.5. The molecule has 0 aromatic heterocycles. The molecule has 0 aromatic rings. The van der Waals surface area contributed by atoms with Crippen LogP contribution >= 0.6 is 0 Å². The van der Waals surface area contributed by atoms with E-state index in [9.17, 15) is 0 Å². The van der Waals surface area contributed by atoms with Gasteiger partial charge in [0, 0.05) is 12.6 Å². The maximum Gasteiger partial charge on any atom is 0.0590 e. The second-order valence-electron chi connectivity index (χ2n) is 6.24. The van der Waals surface area contributed by atoms with E-state index in [4.69, 9.17) is 4.74 Å². The van der Waals surface area contributed by atoms with E-state index in [1.807, 2.05) is 0 Å². The fourth-order valence-electron chi connectivity index (χ4n) is 3.89. The first kappa shape index (κ1) is 14.3. The number of ether oxygens (including phenoxy) is 1. The monoisotopic (exact) mass is 253 g/mol.